The fourth-order valence-corrected chi connectivity index (χ4v) is 3.37. The zero-order valence-corrected chi connectivity index (χ0v) is 7.05. The lowest BCUT2D eigenvalue weighted by molar-refractivity contribution is 0.224. The Morgan fingerprint density at radius 1 is 1.62 bits per heavy atom. The Labute approximate surface area is 56.2 Å². The van der Waals surface area contributed by atoms with Crippen LogP contribution in [0.1, 0.15) is 13.8 Å². The Hall–Kier alpha value is 0.740. The largest absolute Gasteiger partial charge is 0.351 e. The van der Waals surface area contributed by atoms with Crippen LogP contribution in [0.2, 0.25) is 0 Å². The van der Waals surface area contributed by atoms with Gasteiger partial charge < -0.3 is 4.52 Å². The van der Waals surface area contributed by atoms with E-state index < -0.39 is 0 Å². The summed E-state index contributed by atoms with van der Waals surface area (Å²) in [4.78, 5) is 0. The molecule has 8 heavy (non-hydrogen) atoms. The van der Waals surface area contributed by atoms with E-state index in [2.05, 4.69) is 13.8 Å². The standard InChI is InChI=1S/C5H11OPS/c1-5(2)3-6-7-8-4-5/h7H,3-4H2,1-2H3. The van der Waals surface area contributed by atoms with Gasteiger partial charge in [-0.15, -0.1) is 11.4 Å². The second-order valence-corrected chi connectivity index (χ2v) is 5.22. The van der Waals surface area contributed by atoms with Gasteiger partial charge in [-0.2, -0.15) is 0 Å². The Kier molecular flexibility index (Phi) is 2.19. The first-order valence-corrected chi connectivity index (χ1v) is 5.31. The molecule has 1 fully saturated rings. The highest BCUT2D eigenvalue weighted by Gasteiger charge is 2.21. The molecule has 1 atom stereocenters. The van der Waals surface area contributed by atoms with Gasteiger partial charge in [0.25, 0.3) is 0 Å². The molecule has 1 aliphatic heterocycles. The van der Waals surface area contributed by atoms with Gasteiger partial charge in [0.15, 0.2) is 0 Å². The Bertz CT molecular complexity index is 76.5. The fourth-order valence-electron chi connectivity index (χ4n) is 0.533. The molecule has 48 valence electrons. The number of hydrogen-bond acceptors (Lipinski definition) is 2. The summed E-state index contributed by atoms with van der Waals surface area (Å²) in [6.07, 6.45) is 0. The molecule has 0 aromatic carbocycles. The molecular weight excluding hydrogens is 139 g/mol. The van der Waals surface area contributed by atoms with Crippen LogP contribution in [-0.4, -0.2) is 12.4 Å². The van der Waals surface area contributed by atoms with Gasteiger partial charge in [0.2, 0.25) is 0 Å². The average molecular weight is 150 g/mol. The molecule has 1 nitrogen and oxygen atoms in total. The molecule has 1 rings (SSSR count). The average Bonchev–Trinajstić information content (AvgIpc) is 1.65. The highest BCUT2D eigenvalue weighted by Crippen LogP contribution is 2.42. The van der Waals surface area contributed by atoms with Crippen LogP contribution in [0.3, 0.4) is 0 Å². The molecule has 3 heteroatoms. The van der Waals surface area contributed by atoms with Gasteiger partial charge in [-0.25, -0.2) is 0 Å². The summed E-state index contributed by atoms with van der Waals surface area (Å²) < 4.78 is 5.28. The minimum Gasteiger partial charge on any atom is -0.351 e. The zero-order chi connectivity index (χ0) is 6.04. The molecule has 0 aromatic heterocycles. The molecule has 0 amide bonds. The maximum absolute atomic E-state index is 5.28. The molecule has 0 radical (unpaired) electrons. The SMILES string of the molecule is CC1(C)COPSC1. The van der Waals surface area contributed by atoms with Crippen LogP contribution in [0, 0.1) is 5.41 Å². The summed E-state index contributed by atoms with van der Waals surface area (Å²) >= 11 is 1.91. The summed E-state index contributed by atoms with van der Waals surface area (Å²) in [5, 5.41) is 0. The second kappa shape index (κ2) is 2.55. The van der Waals surface area contributed by atoms with Crippen molar-refractivity contribution in [3.8, 4) is 0 Å². The van der Waals surface area contributed by atoms with Crippen molar-refractivity contribution >= 4 is 19.4 Å². The molecule has 1 saturated heterocycles. The fraction of sp³-hybridized carbons (Fsp3) is 1.00. The smallest absolute Gasteiger partial charge is 0.0745 e. The van der Waals surface area contributed by atoms with Crippen molar-refractivity contribution in [3.63, 3.8) is 0 Å². The van der Waals surface area contributed by atoms with E-state index in [-0.39, 0.29) is 0 Å². The lowest BCUT2D eigenvalue weighted by Crippen LogP contribution is -2.22. The summed E-state index contributed by atoms with van der Waals surface area (Å²) in [5.41, 5.74) is 0.427. The molecule has 0 N–H and O–H groups in total. The Morgan fingerprint density at radius 2 is 2.38 bits per heavy atom. The highest BCUT2D eigenvalue weighted by molar-refractivity contribution is 8.48. The van der Waals surface area contributed by atoms with E-state index in [0.29, 0.717) is 13.4 Å². The van der Waals surface area contributed by atoms with E-state index in [1.807, 2.05) is 11.4 Å². The normalized spacial score (nSPS) is 30.8. The minimum absolute atomic E-state index is 0.427. The monoisotopic (exact) mass is 150 g/mol. The molecule has 1 aliphatic rings. The van der Waals surface area contributed by atoms with Gasteiger partial charge in [-0.3, -0.25) is 0 Å². The lowest BCUT2D eigenvalue weighted by Gasteiger charge is -2.27. The highest BCUT2D eigenvalue weighted by atomic mass is 32.7. The predicted octanol–water partition coefficient (Wildman–Crippen LogP) is 2.28. The first-order valence-electron chi connectivity index (χ1n) is 2.69. The van der Waals surface area contributed by atoms with E-state index in [1.165, 1.54) is 5.75 Å². The van der Waals surface area contributed by atoms with Gasteiger partial charge in [-0.1, -0.05) is 13.8 Å². The number of hydrogen-bond donors (Lipinski definition) is 0. The van der Waals surface area contributed by atoms with Crippen LogP contribution in [-0.2, 0) is 4.52 Å². The van der Waals surface area contributed by atoms with E-state index in [0.717, 1.165) is 6.61 Å². The second-order valence-electron chi connectivity index (χ2n) is 2.82. The molecular formula is C5H11OPS. The van der Waals surface area contributed by atoms with Gasteiger partial charge in [0.1, 0.15) is 0 Å². The summed E-state index contributed by atoms with van der Waals surface area (Å²) in [5.74, 6) is 1.26. The van der Waals surface area contributed by atoms with Crippen molar-refractivity contribution in [2.75, 3.05) is 12.4 Å². The minimum atomic E-state index is 0.427. The van der Waals surface area contributed by atoms with E-state index in [1.54, 1.807) is 0 Å². The van der Waals surface area contributed by atoms with Crippen molar-refractivity contribution in [2.24, 2.45) is 5.41 Å². The van der Waals surface area contributed by atoms with E-state index >= 15 is 0 Å². The topological polar surface area (TPSA) is 9.23 Å². The van der Waals surface area contributed by atoms with Crippen molar-refractivity contribution in [3.05, 3.63) is 0 Å². The van der Waals surface area contributed by atoms with E-state index in [4.69, 9.17) is 4.52 Å². The van der Waals surface area contributed by atoms with Gasteiger partial charge in [-0.05, 0) is 5.41 Å². The molecule has 0 aromatic rings. The van der Waals surface area contributed by atoms with Gasteiger partial charge in [0, 0.05) is 5.75 Å². The van der Waals surface area contributed by atoms with Crippen LogP contribution < -0.4 is 0 Å². The third kappa shape index (κ3) is 1.93. The Morgan fingerprint density at radius 3 is 2.62 bits per heavy atom. The van der Waals surface area contributed by atoms with Crippen molar-refractivity contribution in [2.45, 2.75) is 13.8 Å². The molecule has 0 spiro atoms. The van der Waals surface area contributed by atoms with Gasteiger partial charge >= 0.3 is 0 Å². The predicted molar refractivity (Wildman–Crippen MR) is 40.5 cm³/mol. The third-order valence-corrected chi connectivity index (χ3v) is 3.49. The molecule has 1 heterocycles. The zero-order valence-electron chi connectivity index (χ0n) is 5.23. The maximum Gasteiger partial charge on any atom is 0.0745 e. The summed E-state index contributed by atoms with van der Waals surface area (Å²) in [6, 6.07) is 0. The van der Waals surface area contributed by atoms with Gasteiger partial charge in [0.05, 0.1) is 14.6 Å². The van der Waals surface area contributed by atoms with Crippen LogP contribution >= 0.6 is 19.4 Å². The van der Waals surface area contributed by atoms with Crippen LogP contribution in [0.4, 0.5) is 0 Å². The maximum atomic E-state index is 5.28. The lowest BCUT2D eigenvalue weighted by atomic mass is 9.98. The number of rotatable bonds is 0. The first kappa shape index (κ1) is 6.85. The molecule has 0 bridgehead atoms. The Balaban J connectivity index is 2.33. The van der Waals surface area contributed by atoms with Crippen molar-refractivity contribution in [1.29, 1.82) is 0 Å². The van der Waals surface area contributed by atoms with E-state index in [9.17, 15) is 0 Å². The third-order valence-electron chi connectivity index (χ3n) is 1.04. The molecule has 0 saturated carbocycles. The quantitative estimate of drug-likeness (QED) is 0.490. The van der Waals surface area contributed by atoms with Crippen molar-refractivity contribution < 1.29 is 4.52 Å². The molecule has 0 aliphatic carbocycles. The van der Waals surface area contributed by atoms with Crippen molar-refractivity contribution in [1.82, 2.24) is 0 Å². The van der Waals surface area contributed by atoms with Crippen LogP contribution in [0.25, 0.3) is 0 Å². The first-order chi connectivity index (χ1) is 3.71. The summed E-state index contributed by atoms with van der Waals surface area (Å²) in [6.45, 7) is 5.42. The van der Waals surface area contributed by atoms with Crippen LogP contribution in [0.5, 0.6) is 0 Å². The van der Waals surface area contributed by atoms with Crippen LogP contribution in [0.15, 0.2) is 0 Å². The molecule has 1 unspecified atom stereocenters. The summed E-state index contributed by atoms with van der Waals surface area (Å²) in [7, 11) is 0.685.